The Labute approximate surface area is 102 Å². The quantitative estimate of drug-likeness (QED) is 0.753. The molecule has 100 valence electrons. The van der Waals surface area contributed by atoms with Crippen molar-refractivity contribution >= 4 is 0 Å². The van der Waals surface area contributed by atoms with Gasteiger partial charge < -0.3 is 25.1 Å². The predicted molar refractivity (Wildman–Crippen MR) is 62.5 cm³/mol. The normalized spacial score (nSPS) is 30.4. The lowest BCUT2D eigenvalue weighted by Crippen LogP contribution is -2.63. The van der Waals surface area contributed by atoms with Crippen molar-refractivity contribution in [1.29, 1.82) is 0 Å². The Morgan fingerprint density at radius 3 is 2.24 bits per heavy atom. The first kappa shape index (κ1) is 13.2. The van der Waals surface area contributed by atoms with Crippen molar-refractivity contribution < 1.29 is 19.3 Å². The molecule has 1 unspecified atom stereocenters. The fourth-order valence-electron chi connectivity index (χ4n) is 2.84. The fraction of sp³-hybridized carbons (Fsp3) is 1.00. The van der Waals surface area contributed by atoms with Crippen LogP contribution in [0.2, 0.25) is 0 Å². The molecule has 3 N–H and O–H groups in total. The van der Waals surface area contributed by atoms with Gasteiger partial charge in [-0.25, -0.2) is 0 Å². The molecule has 1 spiro atoms. The summed E-state index contributed by atoms with van der Waals surface area (Å²) < 4.78 is 16.4. The van der Waals surface area contributed by atoms with E-state index in [0.29, 0.717) is 45.5 Å². The number of hydrogen-bond acceptors (Lipinski definition) is 5. The van der Waals surface area contributed by atoms with E-state index in [9.17, 15) is 5.11 Å². The van der Waals surface area contributed by atoms with Gasteiger partial charge in [-0.1, -0.05) is 0 Å². The standard InChI is InChI=1S/C12H23NO4/c1-10(13,9-15-2)11(14)3-5-12(6-4-11)16-7-8-17-12/h14H,3-9,13H2,1-2H3. The summed E-state index contributed by atoms with van der Waals surface area (Å²) in [5.41, 5.74) is 4.53. The molecule has 17 heavy (non-hydrogen) atoms. The molecule has 1 heterocycles. The minimum atomic E-state index is -0.899. The zero-order valence-corrected chi connectivity index (χ0v) is 10.7. The van der Waals surface area contributed by atoms with E-state index in [0.717, 1.165) is 0 Å². The van der Waals surface area contributed by atoms with E-state index < -0.39 is 16.9 Å². The second-order valence-electron chi connectivity index (χ2n) is 5.49. The molecule has 1 aliphatic heterocycles. The summed E-state index contributed by atoms with van der Waals surface area (Å²) in [6.07, 6.45) is 2.56. The summed E-state index contributed by atoms with van der Waals surface area (Å²) in [6, 6.07) is 0. The first-order chi connectivity index (χ1) is 7.93. The Bertz CT molecular complexity index is 264. The molecule has 2 fully saturated rings. The SMILES string of the molecule is COCC(C)(N)C1(O)CCC2(CC1)OCCO2. The lowest BCUT2D eigenvalue weighted by atomic mass is 9.70. The van der Waals surface area contributed by atoms with E-state index in [4.69, 9.17) is 19.9 Å². The van der Waals surface area contributed by atoms with Crippen LogP contribution in [-0.4, -0.2) is 49.0 Å². The van der Waals surface area contributed by atoms with Gasteiger partial charge in [0.05, 0.1) is 31.0 Å². The van der Waals surface area contributed by atoms with Crippen molar-refractivity contribution in [3.05, 3.63) is 0 Å². The number of rotatable bonds is 3. The first-order valence-corrected chi connectivity index (χ1v) is 6.21. The Morgan fingerprint density at radius 1 is 1.24 bits per heavy atom. The van der Waals surface area contributed by atoms with E-state index >= 15 is 0 Å². The summed E-state index contributed by atoms with van der Waals surface area (Å²) in [5.74, 6) is -0.463. The molecule has 5 heteroatoms. The number of aliphatic hydroxyl groups is 1. The van der Waals surface area contributed by atoms with Gasteiger partial charge in [-0.05, 0) is 19.8 Å². The zero-order chi connectivity index (χ0) is 12.6. The monoisotopic (exact) mass is 245 g/mol. The molecule has 2 rings (SSSR count). The lowest BCUT2D eigenvalue weighted by Gasteiger charge is -2.48. The maximum absolute atomic E-state index is 10.7. The number of nitrogens with two attached hydrogens (primary N) is 1. The molecular formula is C12H23NO4. The van der Waals surface area contributed by atoms with Crippen LogP contribution in [0.15, 0.2) is 0 Å². The van der Waals surface area contributed by atoms with Crippen molar-refractivity contribution in [2.75, 3.05) is 26.9 Å². The van der Waals surface area contributed by atoms with Gasteiger partial charge in [0.15, 0.2) is 5.79 Å². The molecule has 1 saturated carbocycles. The minimum absolute atomic E-state index is 0.345. The lowest BCUT2D eigenvalue weighted by molar-refractivity contribution is -0.214. The van der Waals surface area contributed by atoms with Crippen LogP contribution in [0, 0.1) is 0 Å². The smallest absolute Gasteiger partial charge is 0.168 e. The molecule has 0 aromatic heterocycles. The summed E-state index contributed by atoms with van der Waals surface area (Å²) >= 11 is 0. The average molecular weight is 245 g/mol. The van der Waals surface area contributed by atoms with Gasteiger partial charge in [0.1, 0.15) is 0 Å². The van der Waals surface area contributed by atoms with Gasteiger partial charge in [0.25, 0.3) is 0 Å². The van der Waals surface area contributed by atoms with E-state index in [1.807, 2.05) is 6.92 Å². The summed E-state index contributed by atoms with van der Waals surface area (Å²) in [5, 5.41) is 10.7. The Morgan fingerprint density at radius 2 is 1.76 bits per heavy atom. The molecule has 1 atom stereocenters. The van der Waals surface area contributed by atoms with Crippen LogP contribution in [0.3, 0.4) is 0 Å². The van der Waals surface area contributed by atoms with E-state index in [2.05, 4.69) is 0 Å². The largest absolute Gasteiger partial charge is 0.388 e. The van der Waals surface area contributed by atoms with Crippen molar-refractivity contribution in [1.82, 2.24) is 0 Å². The average Bonchev–Trinajstić information content (AvgIpc) is 2.72. The van der Waals surface area contributed by atoms with Crippen molar-refractivity contribution in [3.8, 4) is 0 Å². The van der Waals surface area contributed by atoms with Crippen LogP contribution in [0.25, 0.3) is 0 Å². The van der Waals surface area contributed by atoms with Crippen molar-refractivity contribution in [2.24, 2.45) is 5.73 Å². The maximum Gasteiger partial charge on any atom is 0.168 e. The predicted octanol–water partition coefficient (Wildman–Crippen LogP) is 0.398. The molecule has 0 radical (unpaired) electrons. The topological polar surface area (TPSA) is 73.9 Å². The fourth-order valence-corrected chi connectivity index (χ4v) is 2.84. The van der Waals surface area contributed by atoms with Crippen molar-refractivity contribution in [2.45, 2.75) is 49.5 Å². The van der Waals surface area contributed by atoms with Crippen molar-refractivity contribution in [3.63, 3.8) is 0 Å². The Hall–Kier alpha value is -0.200. The highest BCUT2D eigenvalue weighted by molar-refractivity contribution is 5.05. The first-order valence-electron chi connectivity index (χ1n) is 6.21. The molecule has 1 aliphatic carbocycles. The third-order valence-corrected chi connectivity index (χ3v) is 4.16. The van der Waals surface area contributed by atoms with E-state index in [1.54, 1.807) is 7.11 Å². The van der Waals surface area contributed by atoms with Gasteiger partial charge in [-0.15, -0.1) is 0 Å². The number of ether oxygens (including phenoxy) is 3. The molecule has 0 bridgehead atoms. The highest BCUT2D eigenvalue weighted by Crippen LogP contribution is 2.43. The second kappa shape index (κ2) is 4.48. The summed E-state index contributed by atoms with van der Waals surface area (Å²) in [4.78, 5) is 0. The molecule has 0 amide bonds. The van der Waals surface area contributed by atoms with Gasteiger partial charge in [-0.2, -0.15) is 0 Å². The molecular weight excluding hydrogens is 222 g/mol. The number of hydrogen-bond donors (Lipinski definition) is 2. The Balaban J connectivity index is 2.01. The van der Waals surface area contributed by atoms with Crippen LogP contribution < -0.4 is 5.73 Å². The number of methoxy groups -OCH3 is 1. The van der Waals surface area contributed by atoms with Crippen LogP contribution >= 0.6 is 0 Å². The Kier molecular flexibility index (Phi) is 3.49. The third kappa shape index (κ3) is 2.35. The third-order valence-electron chi connectivity index (χ3n) is 4.16. The van der Waals surface area contributed by atoms with Gasteiger partial charge in [-0.3, -0.25) is 0 Å². The second-order valence-corrected chi connectivity index (χ2v) is 5.49. The molecule has 1 saturated heterocycles. The summed E-state index contributed by atoms with van der Waals surface area (Å²) in [7, 11) is 1.60. The van der Waals surface area contributed by atoms with E-state index in [-0.39, 0.29) is 0 Å². The van der Waals surface area contributed by atoms with Crippen LogP contribution in [0.4, 0.5) is 0 Å². The highest BCUT2D eigenvalue weighted by atomic mass is 16.7. The highest BCUT2D eigenvalue weighted by Gasteiger charge is 2.52. The molecule has 2 aliphatic rings. The molecule has 5 nitrogen and oxygen atoms in total. The minimum Gasteiger partial charge on any atom is -0.388 e. The molecule has 0 aromatic carbocycles. The van der Waals surface area contributed by atoms with Crippen LogP contribution in [0.5, 0.6) is 0 Å². The van der Waals surface area contributed by atoms with Gasteiger partial charge in [0, 0.05) is 20.0 Å². The van der Waals surface area contributed by atoms with Crippen LogP contribution in [0.1, 0.15) is 32.6 Å². The van der Waals surface area contributed by atoms with E-state index in [1.165, 1.54) is 0 Å². The zero-order valence-electron chi connectivity index (χ0n) is 10.7. The molecule has 0 aromatic rings. The van der Waals surface area contributed by atoms with Gasteiger partial charge >= 0.3 is 0 Å². The maximum atomic E-state index is 10.7. The van der Waals surface area contributed by atoms with Gasteiger partial charge in [0.2, 0.25) is 0 Å². The van der Waals surface area contributed by atoms with Crippen LogP contribution in [-0.2, 0) is 14.2 Å². The summed E-state index contributed by atoms with van der Waals surface area (Å²) in [6.45, 7) is 3.48.